The molecule has 212 valence electrons. The number of pyridine rings is 3. The molecule has 1 amide bonds. The van der Waals surface area contributed by atoms with Crippen LogP contribution in [0, 0.1) is 0 Å². The molecule has 6 aromatic rings. The first-order valence-corrected chi connectivity index (χ1v) is 14.0. The van der Waals surface area contributed by atoms with E-state index in [9.17, 15) is 30.8 Å². The van der Waals surface area contributed by atoms with Crippen LogP contribution >= 0.6 is 0 Å². The summed E-state index contributed by atoms with van der Waals surface area (Å²) >= 11 is 0. The van der Waals surface area contributed by atoms with Crippen molar-refractivity contribution in [2.75, 3.05) is 6.01 Å². The number of carbonyl (C=O) groups is 1. The average molecular weight is 595 g/mol. The minimum Gasteiger partial charge on any atom is -0.463 e. The molecule has 0 saturated heterocycles. The SMILES string of the molecule is O=C(NCc1cc2nc(-c3cccc4ccc(C(F)(F)F)nc34)ccc2cn1)c1ccc2occ(S(=O)(=O)CF)c2c1. The van der Waals surface area contributed by atoms with E-state index in [1.807, 2.05) is 0 Å². The second kappa shape index (κ2) is 10.2. The largest absolute Gasteiger partial charge is 0.463 e. The van der Waals surface area contributed by atoms with E-state index in [4.69, 9.17) is 4.42 Å². The zero-order chi connectivity index (χ0) is 29.6. The number of halogens is 4. The van der Waals surface area contributed by atoms with Crippen LogP contribution < -0.4 is 5.32 Å². The van der Waals surface area contributed by atoms with Gasteiger partial charge in [-0.25, -0.2) is 22.8 Å². The van der Waals surface area contributed by atoms with Crippen molar-refractivity contribution in [2.24, 2.45) is 0 Å². The van der Waals surface area contributed by atoms with Crippen LogP contribution in [0.15, 0.2) is 88.5 Å². The molecule has 0 radical (unpaired) electrons. The Labute approximate surface area is 235 Å². The lowest BCUT2D eigenvalue weighted by atomic mass is 10.0. The molecule has 0 unspecified atom stereocenters. The molecule has 0 atom stereocenters. The minimum absolute atomic E-state index is 0.00942. The molecule has 0 spiro atoms. The third-order valence-electron chi connectivity index (χ3n) is 6.63. The number of rotatable bonds is 6. The Balaban J connectivity index is 1.27. The molecule has 0 aliphatic carbocycles. The number of benzene rings is 2. The van der Waals surface area contributed by atoms with E-state index in [0.29, 0.717) is 33.2 Å². The highest BCUT2D eigenvalue weighted by molar-refractivity contribution is 7.91. The van der Waals surface area contributed by atoms with E-state index < -0.39 is 33.6 Å². The van der Waals surface area contributed by atoms with Gasteiger partial charge in [0.1, 0.15) is 22.4 Å². The first kappa shape index (κ1) is 27.3. The van der Waals surface area contributed by atoms with Gasteiger partial charge < -0.3 is 9.73 Å². The van der Waals surface area contributed by atoms with Gasteiger partial charge in [0.2, 0.25) is 9.84 Å². The van der Waals surface area contributed by atoms with Crippen LogP contribution in [0.4, 0.5) is 17.6 Å². The van der Waals surface area contributed by atoms with Gasteiger partial charge in [-0.2, -0.15) is 13.2 Å². The molecule has 4 aromatic heterocycles. The number of sulfone groups is 1. The summed E-state index contributed by atoms with van der Waals surface area (Å²) in [5.74, 6) is -0.535. The van der Waals surface area contributed by atoms with Crippen molar-refractivity contribution in [2.45, 2.75) is 17.6 Å². The molecular weight excluding hydrogens is 576 g/mol. The van der Waals surface area contributed by atoms with Gasteiger partial charge >= 0.3 is 6.18 Å². The van der Waals surface area contributed by atoms with Crippen LogP contribution in [0.25, 0.3) is 44.0 Å². The van der Waals surface area contributed by atoms with Crippen LogP contribution in [0.3, 0.4) is 0 Å². The average Bonchev–Trinajstić information content (AvgIpc) is 3.43. The second-order valence-corrected chi connectivity index (χ2v) is 11.2. The summed E-state index contributed by atoms with van der Waals surface area (Å²) in [6.07, 6.45) is -2.10. The molecule has 4 heterocycles. The van der Waals surface area contributed by atoms with Crippen molar-refractivity contribution in [3.8, 4) is 11.3 Å². The number of hydrogen-bond donors (Lipinski definition) is 1. The maximum Gasteiger partial charge on any atom is 0.433 e. The highest BCUT2D eigenvalue weighted by Crippen LogP contribution is 2.33. The summed E-state index contributed by atoms with van der Waals surface area (Å²) in [7, 11) is -4.21. The van der Waals surface area contributed by atoms with Crippen molar-refractivity contribution >= 4 is 48.5 Å². The molecule has 42 heavy (non-hydrogen) atoms. The number of para-hydroxylation sites is 1. The molecule has 0 saturated carbocycles. The third kappa shape index (κ3) is 5.02. The first-order chi connectivity index (χ1) is 20.0. The summed E-state index contributed by atoms with van der Waals surface area (Å²) in [5.41, 5.74) is 1.26. The van der Waals surface area contributed by atoms with Crippen LogP contribution in [0.1, 0.15) is 21.7 Å². The predicted molar refractivity (Wildman–Crippen MR) is 146 cm³/mol. The monoisotopic (exact) mass is 594 g/mol. The highest BCUT2D eigenvalue weighted by atomic mass is 32.2. The maximum atomic E-state index is 13.3. The molecule has 0 bridgehead atoms. The van der Waals surface area contributed by atoms with Crippen molar-refractivity contribution in [3.05, 3.63) is 96.1 Å². The Bertz CT molecular complexity index is 2130. The van der Waals surface area contributed by atoms with E-state index in [-0.39, 0.29) is 33.5 Å². The normalized spacial score (nSPS) is 12.3. The number of furan rings is 1. The summed E-state index contributed by atoms with van der Waals surface area (Å²) in [5, 5.41) is 3.99. The molecular formula is C29H18F4N4O4S. The summed E-state index contributed by atoms with van der Waals surface area (Å²) in [6, 6.07) is 14.9. The lowest BCUT2D eigenvalue weighted by molar-refractivity contribution is -0.140. The van der Waals surface area contributed by atoms with Gasteiger partial charge in [-0.3, -0.25) is 9.78 Å². The molecule has 0 aliphatic heterocycles. The van der Waals surface area contributed by atoms with Gasteiger partial charge in [-0.05, 0) is 42.5 Å². The molecule has 0 fully saturated rings. The van der Waals surface area contributed by atoms with Gasteiger partial charge in [0.25, 0.3) is 5.91 Å². The molecule has 1 N–H and O–H groups in total. The number of aromatic nitrogens is 3. The number of hydrogen-bond acceptors (Lipinski definition) is 7. The molecule has 13 heteroatoms. The quantitative estimate of drug-likeness (QED) is 0.227. The number of amides is 1. The Morgan fingerprint density at radius 1 is 0.952 bits per heavy atom. The molecule has 6 rings (SSSR count). The third-order valence-corrected chi connectivity index (χ3v) is 7.90. The fourth-order valence-electron chi connectivity index (χ4n) is 4.54. The van der Waals surface area contributed by atoms with Crippen LogP contribution in [0.2, 0.25) is 0 Å². The van der Waals surface area contributed by atoms with Crippen molar-refractivity contribution in [1.82, 2.24) is 20.3 Å². The topological polar surface area (TPSA) is 115 Å². The van der Waals surface area contributed by atoms with Crippen LogP contribution in [0.5, 0.6) is 0 Å². The molecule has 8 nitrogen and oxygen atoms in total. The smallest absolute Gasteiger partial charge is 0.433 e. The summed E-state index contributed by atoms with van der Waals surface area (Å²) in [4.78, 5) is 25.3. The zero-order valence-corrected chi connectivity index (χ0v) is 22.1. The van der Waals surface area contributed by atoms with Gasteiger partial charge in [0, 0.05) is 33.5 Å². The van der Waals surface area contributed by atoms with Gasteiger partial charge in [0.15, 0.2) is 6.01 Å². The minimum atomic E-state index is -4.60. The van der Waals surface area contributed by atoms with Crippen molar-refractivity contribution in [3.63, 3.8) is 0 Å². The van der Waals surface area contributed by atoms with E-state index >= 15 is 0 Å². The fraction of sp³-hybridized carbons (Fsp3) is 0.103. The number of carbonyl (C=O) groups excluding carboxylic acids is 1. The fourth-order valence-corrected chi connectivity index (χ4v) is 5.34. The van der Waals surface area contributed by atoms with Gasteiger partial charge in [0.05, 0.1) is 29.0 Å². The Morgan fingerprint density at radius 3 is 2.55 bits per heavy atom. The van der Waals surface area contributed by atoms with E-state index in [2.05, 4.69) is 20.3 Å². The van der Waals surface area contributed by atoms with E-state index in [1.165, 1.54) is 24.3 Å². The number of nitrogens with zero attached hydrogens (tertiary/aromatic N) is 3. The number of nitrogens with one attached hydrogen (secondary N) is 1. The van der Waals surface area contributed by atoms with Crippen molar-refractivity contribution in [1.29, 1.82) is 0 Å². The predicted octanol–water partition coefficient (Wildman–Crippen LogP) is 6.24. The standard InChI is InChI=1S/C29H18F4N4O4S/c30-15-42(39,40)25-14-41-24-8-5-17(10-21(24)25)28(38)35-13-19-11-23-18(12-34-19)4-7-22(36-23)20-3-1-2-16-6-9-26(29(31,32)33)37-27(16)20/h1-12,14H,13,15H2,(H,35,38). The van der Waals surface area contributed by atoms with Crippen LogP contribution in [-0.2, 0) is 22.6 Å². The van der Waals surface area contributed by atoms with Gasteiger partial charge in [-0.15, -0.1) is 0 Å². The second-order valence-electron chi connectivity index (χ2n) is 9.35. The Hall–Kier alpha value is -4.91. The lowest BCUT2D eigenvalue weighted by Crippen LogP contribution is -2.23. The molecule has 2 aromatic carbocycles. The summed E-state index contributed by atoms with van der Waals surface area (Å²) in [6.45, 7) is -0.00942. The summed E-state index contributed by atoms with van der Waals surface area (Å²) < 4.78 is 82.2. The number of alkyl halides is 4. The highest BCUT2D eigenvalue weighted by Gasteiger charge is 2.32. The Kier molecular flexibility index (Phi) is 6.61. The maximum absolute atomic E-state index is 13.3. The van der Waals surface area contributed by atoms with Crippen LogP contribution in [-0.4, -0.2) is 35.3 Å². The zero-order valence-electron chi connectivity index (χ0n) is 21.3. The number of fused-ring (bicyclic) bond motifs is 3. The first-order valence-electron chi connectivity index (χ1n) is 12.3. The molecule has 0 aliphatic rings. The van der Waals surface area contributed by atoms with E-state index in [1.54, 1.807) is 42.6 Å². The Morgan fingerprint density at radius 2 is 1.76 bits per heavy atom. The van der Waals surface area contributed by atoms with E-state index in [0.717, 1.165) is 12.3 Å². The van der Waals surface area contributed by atoms with Crippen molar-refractivity contribution < 1.29 is 35.2 Å². The van der Waals surface area contributed by atoms with Gasteiger partial charge in [-0.1, -0.05) is 24.3 Å². The lowest BCUT2D eigenvalue weighted by Gasteiger charge is -2.11.